The van der Waals surface area contributed by atoms with Gasteiger partial charge in [-0.15, -0.1) is 0 Å². The highest BCUT2D eigenvalue weighted by atomic mass is 127. The molecule has 6 heteroatoms. The van der Waals surface area contributed by atoms with Crippen molar-refractivity contribution in [1.82, 2.24) is 9.97 Å². The molecule has 2 aliphatic rings. The van der Waals surface area contributed by atoms with Crippen LogP contribution in [0.4, 0.5) is 5.82 Å². The lowest BCUT2D eigenvalue weighted by molar-refractivity contribution is 0.0257. The van der Waals surface area contributed by atoms with Crippen LogP contribution in [0.2, 0.25) is 0 Å². The third-order valence-corrected chi connectivity index (χ3v) is 5.84. The minimum absolute atomic E-state index is 0.123. The summed E-state index contributed by atoms with van der Waals surface area (Å²) in [7, 11) is 0. The Hall–Kier alpha value is -1.93. The average Bonchev–Trinajstić information content (AvgIpc) is 3.09. The Balaban J connectivity index is 1.56. The summed E-state index contributed by atoms with van der Waals surface area (Å²) in [5.41, 5.74) is 1.87. The van der Waals surface area contributed by atoms with E-state index in [2.05, 4.69) is 62.1 Å². The number of hydrogen-bond acceptors (Lipinski definition) is 5. The van der Waals surface area contributed by atoms with Crippen LogP contribution in [0.15, 0.2) is 48.8 Å². The summed E-state index contributed by atoms with van der Waals surface area (Å²) in [6.45, 7) is 1.39. The molecule has 3 heterocycles. The van der Waals surface area contributed by atoms with Gasteiger partial charge in [0.25, 0.3) is 0 Å². The molecule has 2 aliphatic heterocycles. The Morgan fingerprint density at radius 1 is 1.15 bits per heavy atom. The van der Waals surface area contributed by atoms with Crippen molar-refractivity contribution >= 4 is 39.3 Å². The van der Waals surface area contributed by atoms with Crippen LogP contribution >= 0.6 is 22.6 Å². The topological polar surface area (TPSA) is 56.3 Å². The summed E-state index contributed by atoms with van der Waals surface area (Å²) >= 11 is 2.32. The third-order valence-electron chi connectivity index (χ3n) is 5.17. The standard InChI is InChI=1S/C20H18IN3O2/c21-13-5-6-16-15(9-13)19(23-12-22-16)24-17-10-20(7-8-25-11-20)26-18-4-2-1-3-14(17)18/h1-6,9,12,17H,7-8,10-11H2,(H,22,23,24). The van der Waals surface area contributed by atoms with Gasteiger partial charge in [0, 0.05) is 27.4 Å². The molecule has 1 spiro atoms. The number of fused-ring (bicyclic) bond motifs is 2. The first kappa shape index (κ1) is 16.3. The van der Waals surface area contributed by atoms with E-state index in [1.165, 1.54) is 9.13 Å². The van der Waals surface area contributed by atoms with E-state index in [1.807, 2.05) is 18.2 Å². The van der Waals surface area contributed by atoms with Crippen LogP contribution in [-0.2, 0) is 4.74 Å². The zero-order valence-corrected chi connectivity index (χ0v) is 16.3. The Bertz CT molecular complexity index is 972. The number of nitrogens with zero attached hydrogens (tertiary/aromatic N) is 2. The second-order valence-corrected chi connectivity index (χ2v) is 8.16. The third kappa shape index (κ3) is 2.81. The summed E-state index contributed by atoms with van der Waals surface area (Å²) < 4.78 is 13.2. The van der Waals surface area contributed by atoms with Crippen molar-refractivity contribution in [3.63, 3.8) is 0 Å². The molecule has 26 heavy (non-hydrogen) atoms. The van der Waals surface area contributed by atoms with Gasteiger partial charge in [0.1, 0.15) is 23.5 Å². The SMILES string of the molecule is Ic1ccc2ncnc(NC3CC4(CCOC4)Oc4ccccc43)c2c1. The molecule has 2 atom stereocenters. The van der Waals surface area contributed by atoms with Gasteiger partial charge in [-0.2, -0.15) is 0 Å². The first-order valence-corrected chi connectivity index (χ1v) is 9.83. The van der Waals surface area contributed by atoms with E-state index in [1.54, 1.807) is 6.33 Å². The lowest BCUT2D eigenvalue weighted by Crippen LogP contribution is -2.43. The van der Waals surface area contributed by atoms with Crippen molar-refractivity contribution in [2.75, 3.05) is 18.5 Å². The number of nitrogens with one attached hydrogen (secondary N) is 1. The van der Waals surface area contributed by atoms with Crippen LogP contribution < -0.4 is 10.1 Å². The molecule has 1 saturated heterocycles. The highest BCUT2D eigenvalue weighted by Crippen LogP contribution is 2.44. The van der Waals surface area contributed by atoms with Gasteiger partial charge >= 0.3 is 0 Å². The summed E-state index contributed by atoms with van der Waals surface area (Å²) in [5.74, 6) is 1.80. The molecule has 0 radical (unpaired) electrons. The van der Waals surface area contributed by atoms with Crippen LogP contribution in [0.5, 0.6) is 5.75 Å². The monoisotopic (exact) mass is 459 g/mol. The number of hydrogen-bond donors (Lipinski definition) is 1. The van der Waals surface area contributed by atoms with E-state index >= 15 is 0 Å². The summed E-state index contributed by atoms with van der Waals surface area (Å²) in [5, 5.41) is 4.71. The molecule has 1 fully saturated rings. The molecular weight excluding hydrogens is 441 g/mol. The Morgan fingerprint density at radius 2 is 2.08 bits per heavy atom. The quantitative estimate of drug-likeness (QED) is 0.579. The van der Waals surface area contributed by atoms with Crippen LogP contribution in [0.25, 0.3) is 10.9 Å². The van der Waals surface area contributed by atoms with E-state index in [9.17, 15) is 0 Å². The summed E-state index contributed by atoms with van der Waals surface area (Å²) in [6.07, 6.45) is 3.40. The van der Waals surface area contributed by atoms with Crippen LogP contribution in [0.3, 0.4) is 0 Å². The molecule has 1 aromatic heterocycles. The summed E-state index contributed by atoms with van der Waals surface area (Å²) in [4.78, 5) is 8.92. The zero-order chi connectivity index (χ0) is 17.6. The Kier molecular flexibility index (Phi) is 3.97. The van der Waals surface area contributed by atoms with Crippen molar-refractivity contribution in [3.05, 3.63) is 57.9 Å². The number of rotatable bonds is 2. The highest BCUT2D eigenvalue weighted by molar-refractivity contribution is 14.1. The van der Waals surface area contributed by atoms with Crippen molar-refractivity contribution in [1.29, 1.82) is 0 Å². The fourth-order valence-electron chi connectivity index (χ4n) is 3.89. The van der Waals surface area contributed by atoms with Gasteiger partial charge in [-0.3, -0.25) is 0 Å². The van der Waals surface area contributed by atoms with Gasteiger partial charge in [-0.1, -0.05) is 18.2 Å². The van der Waals surface area contributed by atoms with E-state index in [0.29, 0.717) is 6.61 Å². The molecule has 2 unspecified atom stereocenters. The Labute approximate surface area is 165 Å². The van der Waals surface area contributed by atoms with Gasteiger partial charge in [-0.25, -0.2) is 9.97 Å². The van der Waals surface area contributed by atoms with Gasteiger partial charge in [0.15, 0.2) is 0 Å². The number of aromatic nitrogens is 2. The summed E-state index contributed by atoms with van der Waals surface area (Å²) in [6, 6.07) is 14.6. The van der Waals surface area contributed by atoms with E-state index < -0.39 is 0 Å². The van der Waals surface area contributed by atoms with Crippen LogP contribution in [-0.4, -0.2) is 28.8 Å². The molecule has 3 aromatic rings. The number of halogens is 1. The van der Waals surface area contributed by atoms with Crippen molar-refractivity contribution in [3.8, 4) is 5.75 Å². The maximum atomic E-state index is 6.36. The molecule has 5 rings (SSSR count). The van der Waals surface area contributed by atoms with Crippen molar-refractivity contribution < 1.29 is 9.47 Å². The van der Waals surface area contributed by atoms with E-state index in [0.717, 1.165) is 41.9 Å². The lowest BCUT2D eigenvalue weighted by Gasteiger charge is -2.39. The van der Waals surface area contributed by atoms with E-state index in [-0.39, 0.29) is 11.6 Å². The molecule has 0 saturated carbocycles. The zero-order valence-electron chi connectivity index (χ0n) is 14.1. The number of ether oxygens (including phenoxy) is 2. The largest absolute Gasteiger partial charge is 0.484 e. The predicted octanol–water partition coefficient (Wildman–Crippen LogP) is 4.33. The number of para-hydroxylation sites is 1. The van der Waals surface area contributed by atoms with Gasteiger partial charge in [-0.05, 0) is 46.9 Å². The maximum absolute atomic E-state index is 6.36. The van der Waals surface area contributed by atoms with E-state index in [4.69, 9.17) is 9.47 Å². The first-order chi connectivity index (χ1) is 12.7. The maximum Gasteiger partial charge on any atom is 0.137 e. The molecular formula is C20H18IN3O2. The van der Waals surface area contributed by atoms with Crippen LogP contribution in [0.1, 0.15) is 24.4 Å². The molecule has 132 valence electrons. The molecule has 5 nitrogen and oxygen atoms in total. The molecule has 1 N–H and O–H groups in total. The smallest absolute Gasteiger partial charge is 0.137 e. The fraction of sp³-hybridized carbons (Fsp3) is 0.300. The minimum atomic E-state index is -0.247. The van der Waals surface area contributed by atoms with Gasteiger partial charge < -0.3 is 14.8 Å². The molecule has 2 aromatic carbocycles. The minimum Gasteiger partial charge on any atom is -0.484 e. The second-order valence-electron chi connectivity index (χ2n) is 6.91. The van der Waals surface area contributed by atoms with Crippen LogP contribution in [0, 0.1) is 3.57 Å². The van der Waals surface area contributed by atoms with Crippen molar-refractivity contribution in [2.24, 2.45) is 0 Å². The Morgan fingerprint density at radius 3 is 2.96 bits per heavy atom. The fourth-order valence-corrected chi connectivity index (χ4v) is 4.38. The highest BCUT2D eigenvalue weighted by Gasteiger charge is 2.44. The normalized spacial score (nSPS) is 24.4. The molecule has 0 aliphatic carbocycles. The molecule has 0 amide bonds. The second kappa shape index (κ2) is 6.35. The van der Waals surface area contributed by atoms with Gasteiger partial charge in [0.05, 0.1) is 24.8 Å². The van der Waals surface area contributed by atoms with Crippen molar-refractivity contribution in [2.45, 2.75) is 24.5 Å². The van der Waals surface area contributed by atoms with Gasteiger partial charge in [0.2, 0.25) is 0 Å². The first-order valence-electron chi connectivity index (χ1n) is 8.75. The lowest BCUT2D eigenvalue weighted by atomic mass is 9.86. The number of anilines is 1. The predicted molar refractivity (Wildman–Crippen MR) is 108 cm³/mol. The average molecular weight is 459 g/mol. The number of benzene rings is 2. The molecule has 0 bridgehead atoms.